The number of ether oxygens (including phenoxy) is 2. The Morgan fingerprint density at radius 1 is 0.464 bits per heavy atom. The second-order valence-electron chi connectivity index (χ2n) is 6.58. The molecule has 0 aromatic heterocycles. The van der Waals surface area contributed by atoms with Gasteiger partial charge in [0.05, 0.1) is 0 Å². The highest BCUT2D eigenvalue weighted by molar-refractivity contribution is 5.39. The molecule has 0 amide bonds. The van der Waals surface area contributed by atoms with E-state index in [1.165, 1.54) is 0 Å². The van der Waals surface area contributed by atoms with Gasteiger partial charge in [0.1, 0.15) is 18.1 Å². The van der Waals surface area contributed by atoms with Crippen molar-refractivity contribution in [2.75, 3.05) is 6.61 Å². The number of hydrogen-bond acceptors (Lipinski definition) is 2. The first-order chi connectivity index (χ1) is 13.9. The van der Waals surface area contributed by atoms with Gasteiger partial charge in [0.2, 0.25) is 0 Å². The molecule has 2 nitrogen and oxygen atoms in total. The Balaban J connectivity index is 1.81. The minimum Gasteiger partial charge on any atom is -0.489 e. The summed E-state index contributed by atoms with van der Waals surface area (Å²) in [7, 11) is 0. The maximum atomic E-state index is 6.67. The van der Waals surface area contributed by atoms with Crippen molar-refractivity contribution in [2.45, 2.75) is 5.60 Å². The first kappa shape index (κ1) is 17.9. The predicted molar refractivity (Wildman–Crippen MR) is 113 cm³/mol. The number of rotatable bonds is 7. The smallest absolute Gasteiger partial charge is 0.193 e. The zero-order valence-electron chi connectivity index (χ0n) is 15.6. The summed E-state index contributed by atoms with van der Waals surface area (Å²) in [5.41, 5.74) is 1.31. The largest absolute Gasteiger partial charge is 0.489 e. The lowest BCUT2D eigenvalue weighted by molar-refractivity contribution is 0.0518. The average Bonchev–Trinajstić information content (AvgIpc) is 2.79. The van der Waals surface area contributed by atoms with Crippen LogP contribution in [0.15, 0.2) is 121 Å². The lowest BCUT2D eigenvalue weighted by atomic mass is 9.86. The Morgan fingerprint density at radius 2 is 0.857 bits per heavy atom. The third kappa shape index (κ3) is 3.91. The van der Waals surface area contributed by atoms with Crippen molar-refractivity contribution in [3.63, 3.8) is 0 Å². The maximum Gasteiger partial charge on any atom is 0.193 e. The summed E-state index contributed by atoms with van der Waals surface area (Å²) < 4.78 is 12.9. The molecular formula is C26H22O2. The number of hydrogen-bond donors (Lipinski definition) is 0. The lowest BCUT2D eigenvalue weighted by Gasteiger charge is -2.35. The summed E-state index contributed by atoms with van der Waals surface area (Å²) in [5.74, 6) is 1.61. The van der Waals surface area contributed by atoms with E-state index in [-0.39, 0.29) is 0 Å². The van der Waals surface area contributed by atoms with Gasteiger partial charge in [-0.1, -0.05) is 97.1 Å². The number of para-hydroxylation sites is 2. The van der Waals surface area contributed by atoms with Crippen LogP contribution in [0.4, 0.5) is 0 Å². The summed E-state index contributed by atoms with van der Waals surface area (Å²) in [6.45, 7) is 0.347. The minimum absolute atomic E-state index is 0.347. The van der Waals surface area contributed by atoms with Crippen LogP contribution < -0.4 is 9.47 Å². The van der Waals surface area contributed by atoms with E-state index in [9.17, 15) is 0 Å². The molecular weight excluding hydrogens is 344 g/mol. The van der Waals surface area contributed by atoms with E-state index in [0.717, 1.165) is 22.6 Å². The fraction of sp³-hybridized carbons (Fsp3) is 0.0769. The van der Waals surface area contributed by atoms with Gasteiger partial charge in [-0.05, 0) is 24.3 Å². The van der Waals surface area contributed by atoms with Crippen LogP contribution in [0.25, 0.3) is 0 Å². The van der Waals surface area contributed by atoms with Crippen molar-refractivity contribution in [3.8, 4) is 11.5 Å². The first-order valence-electron chi connectivity index (χ1n) is 9.40. The van der Waals surface area contributed by atoms with Crippen LogP contribution in [0, 0.1) is 0 Å². The molecule has 0 fully saturated rings. The van der Waals surface area contributed by atoms with E-state index < -0.39 is 5.60 Å². The molecule has 0 radical (unpaired) electrons. The van der Waals surface area contributed by atoms with Crippen molar-refractivity contribution in [2.24, 2.45) is 0 Å². The van der Waals surface area contributed by atoms with Crippen molar-refractivity contribution in [3.05, 3.63) is 132 Å². The Morgan fingerprint density at radius 3 is 1.32 bits per heavy atom. The van der Waals surface area contributed by atoms with Crippen LogP contribution >= 0.6 is 0 Å². The van der Waals surface area contributed by atoms with Crippen LogP contribution in [-0.2, 0) is 5.60 Å². The molecule has 0 saturated carbocycles. The zero-order chi connectivity index (χ0) is 19.1. The van der Waals surface area contributed by atoms with Gasteiger partial charge in [-0.2, -0.15) is 0 Å². The van der Waals surface area contributed by atoms with E-state index in [0.29, 0.717) is 6.61 Å². The maximum absolute atomic E-state index is 6.67. The van der Waals surface area contributed by atoms with Crippen molar-refractivity contribution in [1.29, 1.82) is 0 Å². The molecule has 0 heterocycles. The molecule has 0 aliphatic rings. The lowest BCUT2D eigenvalue weighted by Crippen LogP contribution is -2.40. The molecule has 0 N–H and O–H groups in total. The fourth-order valence-corrected chi connectivity index (χ4v) is 3.29. The minimum atomic E-state index is -0.778. The molecule has 0 saturated heterocycles. The molecule has 4 aromatic carbocycles. The molecule has 4 rings (SSSR count). The van der Waals surface area contributed by atoms with Crippen LogP contribution in [0.1, 0.15) is 11.1 Å². The van der Waals surface area contributed by atoms with E-state index >= 15 is 0 Å². The van der Waals surface area contributed by atoms with Crippen molar-refractivity contribution in [1.82, 2.24) is 0 Å². The molecule has 0 unspecified atom stereocenters. The van der Waals surface area contributed by atoms with Crippen LogP contribution in [-0.4, -0.2) is 6.61 Å². The van der Waals surface area contributed by atoms with E-state index in [1.807, 2.05) is 97.1 Å². The molecule has 28 heavy (non-hydrogen) atoms. The van der Waals surface area contributed by atoms with Crippen molar-refractivity contribution < 1.29 is 9.47 Å². The van der Waals surface area contributed by atoms with Crippen LogP contribution in [0.3, 0.4) is 0 Å². The van der Waals surface area contributed by atoms with E-state index in [2.05, 4.69) is 24.3 Å². The predicted octanol–water partition coefficient (Wildman–Crippen LogP) is 6.09. The zero-order valence-corrected chi connectivity index (χ0v) is 15.6. The van der Waals surface area contributed by atoms with Gasteiger partial charge in [-0.3, -0.25) is 0 Å². The summed E-state index contributed by atoms with van der Waals surface area (Å²) in [4.78, 5) is 0. The fourth-order valence-electron chi connectivity index (χ4n) is 3.29. The third-order valence-corrected chi connectivity index (χ3v) is 4.70. The highest BCUT2D eigenvalue weighted by Crippen LogP contribution is 2.36. The number of benzene rings is 4. The monoisotopic (exact) mass is 366 g/mol. The van der Waals surface area contributed by atoms with Gasteiger partial charge in [0, 0.05) is 11.1 Å². The summed E-state index contributed by atoms with van der Waals surface area (Å²) in [6.07, 6.45) is 0. The van der Waals surface area contributed by atoms with Gasteiger partial charge in [0.25, 0.3) is 0 Å². The summed E-state index contributed by atoms with van der Waals surface area (Å²) in [6, 6.07) is 40.3. The van der Waals surface area contributed by atoms with Gasteiger partial charge >= 0.3 is 0 Å². The summed E-state index contributed by atoms with van der Waals surface area (Å²) in [5, 5.41) is 0. The normalized spacial score (nSPS) is 11.0. The van der Waals surface area contributed by atoms with Crippen molar-refractivity contribution >= 4 is 0 Å². The molecule has 138 valence electrons. The van der Waals surface area contributed by atoms with Gasteiger partial charge < -0.3 is 9.47 Å². The molecule has 4 aromatic rings. The Hall–Kier alpha value is -3.52. The third-order valence-electron chi connectivity index (χ3n) is 4.70. The molecule has 0 bridgehead atoms. The topological polar surface area (TPSA) is 18.5 Å². The molecule has 0 spiro atoms. The molecule has 2 heteroatoms. The Bertz CT molecular complexity index is 928. The van der Waals surface area contributed by atoms with Gasteiger partial charge in [-0.25, -0.2) is 0 Å². The Kier molecular flexibility index (Phi) is 5.39. The van der Waals surface area contributed by atoms with E-state index in [4.69, 9.17) is 9.47 Å². The SMILES string of the molecule is c1ccc(OCC(Oc2ccccc2)(c2ccccc2)c2ccccc2)cc1. The highest BCUT2D eigenvalue weighted by Gasteiger charge is 2.38. The first-order valence-corrected chi connectivity index (χ1v) is 9.40. The average molecular weight is 366 g/mol. The quantitative estimate of drug-likeness (QED) is 0.394. The van der Waals surface area contributed by atoms with E-state index in [1.54, 1.807) is 0 Å². The van der Waals surface area contributed by atoms with Crippen LogP contribution in [0.5, 0.6) is 11.5 Å². The van der Waals surface area contributed by atoms with Gasteiger partial charge in [-0.15, -0.1) is 0 Å². The van der Waals surface area contributed by atoms with Crippen LogP contribution in [0.2, 0.25) is 0 Å². The molecule has 0 aliphatic carbocycles. The van der Waals surface area contributed by atoms with Gasteiger partial charge in [0.15, 0.2) is 5.60 Å². The second kappa shape index (κ2) is 8.45. The highest BCUT2D eigenvalue weighted by atomic mass is 16.5. The Labute approximate surface area is 166 Å². The molecule has 0 atom stereocenters. The standard InChI is InChI=1S/C26H22O2/c1-5-13-22(14-6-1)26(23-15-7-2-8-16-23,28-25-19-11-4-12-20-25)21-27-24-17-9-3-10-18-24/h1-20H,21H2. The summed E-state index contributed by atoms with van der Waals surface area (Å²) >= 11 is 0. The molecule has 0 aliphatic heterocycles. The second-order valence-corrected chi connectivity index (χ2v) is 6.58.